The molecule has 2 rings (SSSR count). The Balaban J connectivity index is 1.79. The van der Waals surface area contributed by atoms with Crippen molar-refractivity contribution in [2.24, 2.45) is 0 Å². The van der Waals surface area contributed by atoms with Crippen LogP contribution in [0.5, 0.6) is 0 Å². The maximum Gasteiger partial charge on any atom is 0.313 e. The molecule has 0 spiro atoms. The van der Waals surface area contributed by atoms with E-state index in [-0.39, 0.29) is 12.4 Å². The van der Waals surface area contributed by atoms with E-state index in [0.29, 0.717) is 17.1 Å². The van der Waals surface area contributed by atoms with Crippen molar-refractivity contribution < 1.29 is 14.0 Å². The number of halogens is 2. The number of anilines is 1. The summed E-state index contributed by atoms with van der Waals surface area (Å²) in [6.07, 6.45) is 0.510. The molecule has 114 valence electrons. The molecule has 0 unspecified atom stereocenters. The molecular formula is C16H14ClFN2O2. The fraction of sp³-hybridized carbons (Fsp3) is 0.125. The van der Waals surface area contributed by atoms with E-state index in [1.54, 1.807) is 36.4 Å². The Bertz CT molecular complexity index is 674. The van der Waals surface area contributed by atoms with Crippen LogP contribution in [0.1, 0.15) is 5.56 Å². The van der Waals surface area contributed by atoms with Gasteiger partial charge in [0.2, 0.25) is 0 Å². The van der Waals surface area contributed by atoms with Gasteiger partial charge < -0.3 is 10.6 Å². The molecule has 2 aromatic rings. The van der Waals surface area contributed by atoms with Gasteiger partial charge in [-0.1, -0.05) is 29.8 Å². The minimum absolute atomic E-state index is 0.285. The van der Waals surface area contributed by atoms with E-state index in [2.05, 4.69) is 10.6 Å². The average Bonchev–Trinajstić information content (AvgIpc) is 2.49. The molecular weight excluding hydrogens is 307 g/mol. The molecule has 2 aromatic carbocycles. The van der Waals surface area contributed by atoms with Crippen LogP contribution in [0.2, 0.25) is 5.02 Å². The van der Waals surface area contributed by atoms with E-state index in [9.17, 15) is 14.0 Å². The van der Waals surface area contributed by atoms with Crippen LogP contribution in [0.4, 0.5) is 10.1 Å². The Labute approximate surface area is 132 Å². The molecule has 2 amide bonds. The largest absolute Gasteiger partial charge is 0.347 e. The Morgan fingerprint density at radius 1 is 1.05 bits per heavy atom. The normalized spacial score (nSPS) is 10.1. The number of amides is 2. The zero-order valence-electron chi connectivity index (χ0n) is 11.6. The SMILES string of the molecule is O=C(NCCc1ccc(F)cc1)C(=O)Nc1cccc(Cl)c1. The van der Waals surface area contributed by atoms with Crippen LogP contribution in [0.15, 0.2) is 48.5 Å². The smallest absolute Gasteiger partial charge is 0.313 e. The third kappa shape index (κ3) is 4.86. The topological polar surface area (TPSA) is 58.2 Å². The van der Waals surface area contributed by atoms with Crippen LogP contribution in [-0.4, -0.2) is 18.4 Å². The predicted octanol–water partition coefficient (Wildman–Crippen LogP) is 2.78. The summed E-state index contributed by atoms with van der Waals surface area (Å²) in [7, 11) is 0. The number of carbonyl (C=O) groups is 2. The molecule has 0 aliphatic carbocycles. The minimum Gasteiger partial charge on any atom is -0.347 e. The lowest BCUT2D eigenvalue weighted by molar-refractivity contribution is -0.136. The van der Waals surface area contributed by atoms with Crippen LogP contribution in [0, 0.1) is 5.82 Å². The summed E-state index contributed by atoms with van der Waals surface area (Å²) in [4.78, 5) is 23.4. The molecule has 0 atom stereocenters. The van der Waals surface area contributed by atoms with Crippen molar-refractivity contribution in [2.75, 3.05) is 11.9 Å². The molecule has 0 heterocycles. The first-order valence-electron chi connectivity index (χ1n) is 6.64. The molecule has 0 aliphatic rings. The second-order valence-corrected chi connectivity index (χ2v) is 5.03. The maximum atomic E-state index is 12.7. The van der Waals surface area contributed by atoms with E-state index in [1.165, 1.54) is 12.1 Å². The van der Waals surface area contributed by atoms with Gasteiger partial charge in [0.1, 0.15) is 5.82 Å². The number of nitrogens with one attached hydrogen (secondary N) is 2. The van der Waals surface area contributed by atoms with Gasteiger partial charge in [-0.05, 0) is 42.3 Å². The molecule has 0 saturated carbocycles. The molecule has 0 aromatic heterocycles. The Kier molecular flexibility index (Phi) is 5.49. The van der Waals surface area contributed by atoms with Gasteiger partial charge in [0, 0.05) is 17.3 Å². The predicted molar refractivity (Wildman–Crippen MR) is 83.2 cm³/mol. The van der Waals surface area contributed by atoms with Gasteiger partial charge in [0.15, 0.2) is 0 Å². The van der Waals surface area contributed by atoms with Crippen LogP contribution < -0.4 is 10.6 Å². The van der Waals surface area contributed by atoms with Crippen molar-refractivity contribution >= 4 is 29.1 Å². The lowest BCUT2D eigenvalue weighted by atomic mass is 10.1. The van der Waals surface area contributed by atoms with Crippen molar-refractivity contribution in [1.82, 2.24) is 5.32 Å². The number of hydrogen-bond acceptors (Lipinski definition) is 2. The fourth-order valence-electron chi connectivity index (χ4n) is 1.81. The van der Waals surface area contributed by atoms with Crippen molar-refractivity contribution in [2.45, 2.75) is 6.42 Å². The highest BCUT2D eigenvalue weighted by Crippen LogP contribution is 2.14. The van der Waals surface area contributed by atoms with Gasteiger partial charge in [0.25, 0.3) is 0 Å². The van der Waals surface area contributed by atoms with E-state index in [0.717, 1.165) is 5.56 Å². The van der Waals surface area contributed by atoms with Crippen molar-refractivity contribution in [3.63, 3.8) is 0 Å². The molecule has 0 radical (unpaired) electrons. The highest BCUT2D eigenvalue weighted by atomic mass is 35.5. The van der Waals surface area contributed by atoms with Crippen LogP contribution in [-0.2, 0) is 16.0 Å². The zero-order valence-corrected chi connectivity index (χ0v) is 12.4. The summed E-state index contributed by atoms with van der Waals surface area (Å²) in [6.45, 7) is 0.285. The van der Waals surface area contributed by atoms with E-state index < -0.39 is 11.8 Å². The zero-order chi connectivity index (χ0) is 15.9. The quantitative estimate of drug-likeness (QED) is 0.851. The lowest BCUT2D eigenvalue weighted by Crippen LogP contribution is -2.36. The van der Waals surface area contributed by atoms with E-state index in [4.69, 9.17) is 11.6 Å². The van der Waals surface area contributed by atoms with Gasteiger partial charge in [-0.2, -0.15) is 0 Å². The molecule has 0 fully saturated rings. The summed E-state index contributed by atoms with van der Waals surface area (Å²) in [5.41, 5.74) is 1.32. The maximum absolute atomic E-state index is 12.7. The standard InChI is InChI=1S/C16H14ClFN2O2/c17-12-2-1-3-14(10-12)20-16(22)15(21)19-9-8-11-4-6-13(18)7-5-11/h1-7,10H,8-9H2,(H,19,21)(H,20,22). The molecule has 6 heteroatoms. The van der Waals surface area contributed by atoms with Crippen LogP contribution in [0.3, 0.4) is 0 Å². The average molecular weight is 321 g/mol. The Morgan fingerprint density at radius 2 is 1.77 bits per heavy atom. The van der Waals surface area contributed by atoms with Gasteiger partial charge in [-0.25, -0.2) is 4.39 Å². The van der Waals surface area contributed by atoms with Gasteiger partial charge in [-0.3, -0.25) is 9.59 Å². The summed E-state index contributed by atoms with van der Waals surface area (Å²) in [5.74, 6) is -1.81. The molecule has 0 aliphatic heterocycles. The lowest BCUT2D eigenvalue weighted by Gasteiger charge is -2.07. The molecule has 4 nitrogen and oxygen atoms in total. The third-order valence-corrected chi connectivity index (χ3v) is 3.14. The summed E-state index contributed by atoms with van der Waals surface area (Å²) in [6, 6.07) is 12.5. The third-order valence-electron chi connectivity index (χ3n) is 2.90. The van der Waals surface area contributed by atoms with Gasteiger partial charge >= 0.3 is 11.8 Å². The van der Waals surface area contributed by atoms with Crippen molar-refractivity contribution in [3.05, 3.63) is 64.9 Å². The van der Waals surface area contributed by atoms with Gasteiger partial charge in [-0.15, -0.1) is 0 Å². The molecule has 0 bridgehead atoms. The summed E-state index contributed by atoms with van der Waals surface area (Å²) >= 11 is 5.79. The Hall–Kier alpha value is -2.40. The number of rotatable bonds is 4. The number of carbonyl (C=O) groups excluding carboxylic acids is 2. The molecule has 0 saturated heterocycles. The van der Waals surface area contributed by atoms with Gasteiger partial charge in [0.05, 0.1) is 0 Å². The summed E-state index contributed by atoms with van der Waals surface area (Å²) < 4.78 is 12.7. The fourth-order valence-corrected chi connectivity index (χ4v) is 2.00. The monoisotopic (exact) mass is 320 g/mol. The minimum atomic E-state index is -0.763. The number of hydrogen-bond donors (Lipinski definition) is 2. The van der Waals surface area contributed by atoms with Crippen LogP contribution in [0.25, 0.3) is 0 Å². The Morgan fingerprint density at radius 3 is 2.45 bits per heavy atom. The summed E-state index contributed by atoms with van der Waals surface area (Å²) in [5, 5.41) is 5.42. The first-order chi connectivity index (χ1) is 10.5. The first-order valence-corrected chi connectivity index (χ1v) is 7.01. The first kappa shape index (κ1) is 16.0. The molecule has 22 heavy (non-hydrogen) atoms. The van der Waals surface area contributed by atoms with E-state index >= 15 is 0 Å². The molecule has 2 N–H and O–H groups in total. The van der Waals surface area contributed by atoms with Crippen molar-refractivity contribution in [3.8, 4) is 0 Å². The van der Waals surface area contributed by atoms with Crippen LogP contribution >= 0.6 is 11.6 Å². The second-order valence-electron chi connectivity index (χ2n) is 4.60. The highest BCUT2D eigenvalue weighted by Gasteiger charge is 2.13. The number of benzene rings is 2. The van der Waals surface area contributed by atoms with E-state index in [1.807, 2.05) is 0 Å². The van der Waals surface area contributed by atoms with Crippen molar-refractivity contribution in [1.29, 1.82) is 0 Å². The second kappa shape index (κ2) is 7.56. The highest BCUT2D eigenvalue weighted by molar-refractivity contribution is 6.39.